The predicted octanol–water partition coefficient (Wildman–Crippen LogP) is 2.69. The summed E-state index contributed by atoms with van der Waals surface area (Å²) in [6.45, 7) is 5.55. The molecule has 8 nitrogen and oxygen atoms in total. The van der Waals surface area contributed by atoms with Crippen LogP contribution in [0.4, 0.5) is 0 Å². The van der Waals surface area contributed by atoms with E-state index in [1.54, 1.807) is 7.11 Å². The normalized spacial score (nSPS) is 14.1. The van der Waals surface area contributed by atoms with Gasteiger partial charge in [-0.15, -0.1) is 0 Å². The van der Waals surface area contributed by atoms with Crippen LogP contribution in [0.3, 0.4) is 0 Å². The Morgan fingerprint density at radius 1 is 0.938 bits per heavy atom. The van der Waals surface area contributed by atoms with Gasteiger partial charge in [-0.1, -0.05) is 42.0 Å². The van der Waals surface area contributed by atoms with Gasteiger partial charge in [0.2, 0.25) is 5.91 Å². The Bertz CT molecular complexity index is 876. The SMILES string of the molecule is COc1ccc(CN2CCC(C(=O)NCc3ccc(C)cc3)CC2)cc1.O=C(O)C(=O)O. The third-order valence-electron chi connectivity index (χ3n) is 5.29. The molecule has 0 saturated carbocycles. The van der Waals surface area contributed by atoms with Gasteiger partial charge in [0.05, 0.1) is 7.11 Å². The van der Waals surface area contributed by atoms with Crippen LogP contribution in [0.5, 0.6) is 5.75 Å². The molecule has 2 aromatic carbocycles. The van der Waals surface area contributed by atoms with Crippen LogP contribution in [-0.4, -0.2) is 53.2 Å². The van der Waals surface area contributed by atoms with Gasteiger partial charge >= 0.3 is 11.9 Å². The van der Waals surface area contributed by atoms with Crippen LogP contribution in [0.1, 0.15) is 29.5 Å². The highest BCUT2D eigenvalue weighted by molar-refractivity contribution is 6.27. The smallest absolute Gasteiger partial charge is 0.414 e. The minimum absolute atomic E-state index is 0.132. The van der Waals surface area contributed by atoms with Crippen LogP contribution in [0.25, 0.3) is 0 Å². The molecule has 0 aliphatic carbocycles. The number of hydrogen-bond acceptors (Lipinski definition) is 5. The number of rotatable bonds is 6. The Balaban J connectivity index is 0.000000534. The predicted molar refractivity (Wildman–Crippen MR) is 119 cm³/mol. The maximum atomic E-state index is 12.4. The van der Waals surface area contributed by atoms with E-state index in [0.717, 1.165) is 43.8 Å². The largest absolute Gasteiger partial charge is 0.497 e. The van der Waals surface area contributed by atoms with Crippen molar-refractivity contribution in [1.29, 1.82) is 0 Å². The number of likely N-dealkylation sites (tertiary alicyclic amines) is 1. The molecule has 1 fully saturated rings. The number of nitrogens with zero attached hydrogens (tertiary/aromatic N) is 1. The molecule has 3 N–H and O–H groups in total. The first kappa shape index (κ1) is 24.9. The lowest BCUT2D eigenvalue weighted by Crippen LogP contribution is -2.40. The quantitative estimate of drug-likeness (QED) is 0.589. The number of carbonyl (C=O) groups is 3. The average Bonchev–Trinajstić information content (AvgIpc) is 2.80. The molecule has 1 saturated heterocycles. The Morgan fingerprint density at radius 2 is 1.47 bits per heavy atom. The summed E-state index contributed by atoms with van der Waals surface area (Å²) < 4.78 is 5.20. The molecule has 1 amide bonds. The van der Waals surface area contributed by atoms with E-state index in [1.807, 2.05) is 12.1 Å². The molecule has 8 heteroatoms. The van der Waals surface area contributed by atoms with Crippen molar-refractivity contribution >= 4 is 17.8 Å². The number of carboxylic acids is 2. The minimum atomic E-state index is -1.82. The number of carboxylic acid groups (broad SMARTS) is 2. The van der Waals surface area contributed by atoms with E-state index in [-0.39, 0.29) is 11.8 Å². The van der Waals surface area contributed by atoms with Gasteiger partial charge in [-0.25, -0.2) is 9.59 Å². The highest BCUT2D eigenvalue weighted by atomic mass is 16.5. The Labute approximate surface area is 187 Å². The summed E-state index contributed by atoms with van der Waals surface area (Å²) in [5, 5.41) is 17.9. The van der Waals surface area contributed by atoms with Crippen LogP contribution < -0.4 is 10.1 Å². The van der Waals surface area contributed by atoms with Crippen molar-refractivity contribution in [3.05, 3.63) is 65.2 Å². The van der Waals surface area contributed by atoms with Gasteiger partial charge in [0.25, 0.3) is 0 Å². The first-order chi connectivity index (χ1) is 15.3. The Morgan fingerprint density at radius 3 is 1.97 bits per heavy atom. The zero-order valence-electron chi connectivity index (χ0n) is 18.4. The number of nitrogens with one attached hydrogen (secondary N) is 1. The van der Waals surface area contributed by atoms with Crippen molar-refractivity contribution in [2.75, 3.05) is 20.2 Å². The lowest BCUT2D eigenvalue weighted by molar-refractivity contribution is -0.159. The van der Waals surface area contributed by atoms with Crippen LogP contribution >= 0.6 is 0 Å². The fraction of sp³-hybridized carbons (Fsp3) is 0.375. The molecule has 0 unspecified atom stereocenters. The molecule has 0 spiro atoms. The van der Waals surface area contributed by atoms with Crippen LogP contribution in [0, 0.1) is 12.8 Å². The van der Waals surface area contributed by atoms with Crippen molar-refractivity contribution in [2.45, 2.75) is 32.9 Å². The first-order valence-electron chi connectivity index (χ1n) is 10.4. The number of carbonyl (C=O) groups excluding carboxylic acids is 1. The summed E-state index contributed by atoms with van der Waals surface area (Å²) in [5.74, 6) is -2.44. The molecule has 0 atom stereocenters. The molecule has 1 aliphatic rings. The molecular weight excluding hydrogens is 412 g/mol. The summed E-state index contributed by atoms with van der Waals surface area (Å²) in [6, 6.07) is 16.5. The zero-order valence-corrected chi connectivity index (χ0v) is 18.4. The van der Waals surface area contributed by atoms with Crippen molar-refractivity contribution in [2.24, 2.45) is 5.92 Å². The van der Waals surface area contributed by atoms with Crippen molar-refractivity contribution in [3.8, 4) is 5.75 Å². The van der Waals surface area contributed by atoms with Gasteiger partial charge in [-0.3, -0.25) is 9.69 Å². The maximum absolute atomic E-state index is 12.4. The average molecular weight is 443 g/mol. The van der Waals surface area contributed by atoms with E-state index >= 15 is 0 Å². The summed E-state index contributed by atoms with van der Waals surface area (Å²) in [5.41, 5.74) is 3.68. The summed E-state index contributed by atoms with van der Waals surface area (Å²) in [4.78, 5) is 33.1. The van der Waals surface area contributed by atoms with Crippen LogP contribution in [-0.2, 0) is 27.5 Å². The lowest BCUT2D eigenvalue weighted by Gasteiger charge is -2.31. The standard InChI is InChI=1S/C22H28N2O2.C2H2O4/c1-17-3-5-18(6-4-17)15-23-22(25)20-11-13-24(14-12-20)16-19-7-9-21(26-2)10-8-19;3-1(4)2(5)6/h3-10,20H,11-16H2,1-2H3,(H,23,25);(H,3,4)(H,5,6). The number of ether oxygens (including phenoxy) is 1. The monoisotopic (exact) mass is 442 g/mol. The number of amides is 1. The number of aliphatic carboxylic acids is 2. The van der Waals surface area contributed by atoms with Gasteiger partial charge in [0.1, 0.15) is 5.75 Å². The Hall–Kier alpha value is -3.39. The van der Waals surface area contributed by atoms with Gasteiger partial charge < -0.3 is 20.3 Å². The molecule has 172 valence electrons. The van der Waals surface area contributed by atoms with Crippen molar-refractivity contribution < 1.29 is 29.3 Å². The molecule has 3 rings (SSSR count). The van der Waals surface area contributed by atoms with E-state index in [9.17, 15) is 4.79 Å². The van der Waals surface area contributed by atoms with Gasteiger partial charge in [0.15, 0.2) is 0 Å². The second-order valence-corrected chi connectivity index (χ2v) is 7.71. The number of hydrogen-bond donors (Lipinski definition) is 3. The van der Waals surface area contributed by atoms with Crippen molar-refractivity contribution in [3.63, 3.8) is 0 Å². The second kappa shape index (κ2) is 12.5. The number of benzene rings is 2. The highest BCUT2D eigenvalue weighted by Gasteiger charge is 2.24. The van der Waals surface area contributed by atoms with Crippen LogP contribution in [0.15, 0.2) is 48.5 Å². The van der Waals surface area contributed by atoms with E-state index in [4.69, 9.17) is 24.5 Å². The molecule has 0 radical (unpaired) electrons. The summed E-state index contributed by atoms with van der Waals surface area (Å²) in [7, 11) is 1.68. The Kier molecular flexibility index (Phi) is 9.69. The zero-order chi connectivity index (χ0) is 23.5. The van der Waals surface area contributed by atoms with E-state index in [2.05, 4.69) is 53.5 Å². The molecule has 32 heavy (non-hydrogen) atoms. The fourth-order valence-corrected chi connectivity index (χ4v) is 3.38. The number of methoxy groups -OCH3 is 1. The fourth-order valence-electron chi connectivity index (χ4n) is 3.38. The molecule has 0 aromatic heterocycles. The minimum Gasteiger partial charge on any atom is -0.497 e. The molecule has 2 aromatic rings. The third kappa shape index (κ3) is 8.39. The number of piperidine rings is 1. The van der Waals surface area contributed by atoms with E-state index < -0.39 is 11.9 Å². The second-order valence-electron chi connectivity index (χ2n) is 7.71. The molecule has 1 heterocycles. The van der Waals surface area contributed by atoms with Gasteiger partial charge in [-0.05, 0) is 56.1 Å². The molecule has 0 bridgehead atoms. The first-order valence-corrected chi connectivity index (χ1v) is 10.4. The van der Waals surface area contributed by atoms with Crippen molar-refractivity contribution in [1.82, 2.24) is 10.2 Å². The number of aryl methyl sites for hydroxylation is 1. The van der Waals surface area contributed by atoms with Gasteiger partial charge in [-0.2, -0.15) is 0 Å². The topological polar surface area (TPSA) is 116 Å². The maximum Gasteiger partial charge on any atom is 0.414 e. The highest BCUT2D eigenvalue weighted by Crippen LogP contribution is 2.20. The van der Waals surface area contributed by atoms with E-state index in [1.165, 1.54) is 11.1 Å². The van der Waals surface area contributed by atoms with E-state index in [0.29, 0.717) is 6.54 Å². The summed E-state index contributed by atoms with van der Waals surface area (Å²) in [6.07, 6.45) is 1.85. The molecule has 1 aliphatic heterocycles. The third-order valence-corrected chi connectivity index (χ3v) is 5.29. The summed E-state index contributed by atoms with van der Waals surface area (Å²) >= 11 is 0. The lowest BCUT2D eigenvalue weighted by atomic mass is 9.95. The van der Waals surface area contributed by atoms with Crippen LogP contribution in [0.2, 0.25) is 0 Å². The molecular formula is C24H30N2O6. The van der Waals surface area contributed by atoms with Gasteiger partial charge in [0, 0.05) is 19.0 Å².